The molecule has 0 aliphatic carbocycles. The van der Waals surface area contributed by atoms with Crippen molar-refractivity contribution < 1.29 is 19.2 Å². The van der Waals surface area contributed by atoms with Crippen LogP contribution in [0.1, 0.15) is 10.4 Å². The Balaban J connectivity index is 2.31. The molecule has 1 N–H and O–H groups in total. The van der Waals surface area contributed by atoms with Gasteiger partial charge in [-0.05, 0) is 30.3 Å². The average Bonchev–Trinajstić information content (AvgIpc) is 2.61. The molecule has 9 heteroatoms. The van der Waals surface area contributed by atoms with Crippen molar-refractivity contribution in [3.8, 4) is 0 Å². The highest BCUT2D eigenvalue weighted by atomic mass is 35.5. The number of benzene rings is 2. The number of halogens is 1. The molecule has 0 saturated carbocycles. The monoisotopic (exact) mass is 380 g/mol. The second kappa shape index (κ2) is 8.50. The zero-order valence-corrected chi connectivity index (χ0v) is 14.6. The third-order valence-electron chi connectivity index (χ3n) is 3.05. The van der Waals surface area contributed by atoms with Crippen LogP contribution in [0.4, 0.5) is 5.69 Å². The molecule has 0 aliphatic heterocycles. The van der Waals surface area contributed by atoms with E-state index in [2.05, 4.69) is 5.32 Å². The predicted molar refractivity (Wildman–Crippen MR) is 93.0 cm³/mol. The van der Waals surface area contributed by atoms with Gasteiger partial charge >= 0.3 is 5.97 Å². The molecule has 2 aromatic rings. The maximum atomic E-state index is 12.2. The van der Waals surface area contributed by atoms with Gasteiger partial charge in [0.05, 0.1) is 10.5 Å². The molecule has 0 saturated heterocycles. The van der Waals surface area contributed by atoms with E-state index in [0.29, 0.717) is 9.92 Å². The van der Waals surface area contributed by atoms with Gasteiger partial charge in [0.25, 0.3) is 11.6 Å². The Morgan fingerprint density at radius 1 is 1.24 bits per heavy atom. The van der Waals surface area contributed by atoms with Crippen LogP contribution in [0.25, 0.3) is 0 Å². The first-order chi connectivity index (χ1) is 11.9. The Labute approximate surface area is 152 Å². The molecule has 0 bridgehead atoms. The lowest BCUT2D eigenvalue weighted by molar-refractivity contribution is -0.384. The van der Waals surface area contributed by atoms with Crippen LogP contribution in [0.15, 0.2) is 52.3 Å². The third kappa shape index (κ3) is 5.20. The standard InChI is InChI=1S/C16H13ClN2O5S/c1-18-15(20)9-24-16(21)13-8-11(19(22)23)4-7-14(13)25-12-5-2-10(17)3-6-12/h2-8H,9H2,1H3,(H,18,20). The molecule has 0 aliphatic rings. The van der Waals surface area contributed by atoms with Gasteiger partial charge in [0.2, 0.25) is 0 Å². The number of carbonyl (C=O) groups is 2. The summed E-state index contributed by atoms with van der Waals surface area (Å²) < 4.78 is 4.90. The number of nitrogens with one attached hydrogen (secondary N) is 1. The van der Waals surface area contributed by atoms with E-state index >= 15 is 0 Å². The molecule has 0 radical (unpaired) electrons. The predicted octanol–water partition coefficient (Wildman–Crippen LogP) is 3.30. The summed E-state index contributed by atoms with van der Waals surface area (Å²) in [6.45, 7) is -0.469. The number of carbonyl (C=O) groups excluding carboxylic acids is 2. The first-order valence-corrected chi connectivity index (χ1v) is 8.19. The van der Waals surface area contributed by atoms with Gasteiger partial charge in [0.1, 0.15) is 0 Å². The minimum Gasteiger partial charge on any atom is -0.452 e. The first-order valence-electron chi connectivity index (χ1n) is 7.00. The largest absolute Gasteiger partial charge is 0.452 e. The van der Waals surface area contributed by atoms with E-state index in [1.165, 1.54) is 30.9 Å². The third-order valence-corrected chi connectivity index (χ3v) is 4.38. The fraction of sp³-hybridized carbons (Fsp3) is 0.125. The number of nitro groups is 1. The summed E-state index contributed by atoms with van der Waals surface area (Å²) in [5.74, 6) is -1.30. The van der Waals surface area contributed by atoms with Crippen molar-refractivity contribution in [1.82, 2.24) is 5.32 Å². The number of nitrogens with zero attached hydrogens (tertiary/aromatic N) is 1. The molecule has 0 atom stereocenters. The number of nitro benzene ring substituents is 1. The Hall–Kier alpha value is -2.58. The normalized spacial score (nSPS) is 10.2. The minimum absolute atomic E-state index is 0.0121. The summed E-state index contributed by atoms with van der Waals surface area (Å²) in [6.07, 6.45) is 0. The molecule has 7 nitrogen and oxygen atoms in total. The van der Waals surface area contributed by atoms with Crippen LogP contribution in [0.2, 0.25) is 5.02 Å². The van der Waals surface area contributed by atoms with E-state index in [1.807, 2.05) is 0 Å². The van der Waals surface area contributed by atoms with Crippen LogP contribution in [0.3, 0.4) is 0 Å². The van der Waals surface area contributed by atoms with Crippen molar-refractivity contribution in [3.63, 3.8) is 0 Å². The van der Waals surface area contributed by atoms with Gasteiger partial charge in [0, 0.05) is 34.0 Å². The fourth-order valence-corrected chi connectivity index (χ4v) is 2.83. The highest BCUT2D eigenvalue weighted by molar-refractivity contribution is 7.99. The van der Waals surface area contributed by atoms with Crippen LogP contribution in [-0.2, 0) is 9.53 Å². The van der Waals surface area contributed by atoms with E-state index in [0.717, 1.165) is 11.0 Å². The maximum Gasteiger partial charge on any atom is 0.340 e. The molecular weight excluding hydrogens is 368 g/mol. The van der Waals surface area contributed by atoms with Crippen molar-refractivity contribution in [2.24, 2.45) is 0 Å². The average molecular weight is 381 g/mol. The van der Waals surface area contributed by atoms with Crippen molar-refractivity contribution in [1.29, 1.82) is 0 Å². The first kappa shape index (κ1) is 18.8. The van der Waals surface area contributed by atoms with Crippen LogP contribution in [0, 0.1) is 10.1 Å². The summed E-state index contributed by atoms with van der Waals surface area (Å²) in [5.41, 5.74) is -0.231. The lowest BCUT2D eigenvalue weighted by Crippen LogP contribution is -2.25. The van der Waals surface area contributed by atoms with Crippen molar-refractivity contribution in [2.75, 3.05) is 13.7 Å². The van der Waals surface area contributed by atoms with Crippen LogP contribution in [0.5, 0.6) is 0 Å². The Morgan fingerprint density at radius 2 is 1.92 bits per heavy atom. The quantitative estimate of drug-likeness (QED) is 0.469. The van der Waals surface area contributed by atoms with Gasteiger partial charge in [-0.25, -0.2) is 4.79 Å². The van der Waals surface area contributed by atoms with E-state index in [-0.39, 0.29) is 11.3 Å². The topological polar surface area (TPSA) is 98.5 Å². The number of non-ortho nitro benzene ring substituents is 1. The van der Waals surface area contributed by atoms with Gasteiger partial charge < -0.3 is 10.1 Å². The highest BCUT2D eigenvalue weighted by Gasteiger charge is 2.19. The van der Waals surface area contributed by atoms with Crippen LogP contribution in [-0.4, -0.2) is 30.5 Å². The van der Waals surface area contributed by atoms with Gasteiger partial charge in [-0.3, -0.25) is 14.9 Å². The van der Waals surface area contributed by atoms with Gasteiger partial charge in [0.15, 0.2) is 6.61 Å². The molecule has 1 amide bonds. The molecule has 0 unspecified atom stereocenters. The summed E-state index contributed by atoms with van der Waals surface area (Å²) in [5, 5.41) is 13.8. The molecule has 0 heterocycles. The van der Waals surface area contributed by atoms with Gasteiger partial charge in [-0.15, -0.1) is 0 Å². The minimum atomic E-state index is -0.816. The molecule has 2 aromatic carbocycles. The zero-order valence-electron chi connectivity index (χ0n) is 13.0. The van der Waals surface area contributed by atoms with E-state index < -0.39 is 23.4 Å². The smallest absolute Gasteiger partial charge is 0.340 e. The second-order valence-corrected chi connectivity index (χ2v) is 6.29. The van der Waals surface area contributed by atoms with Crippen LogP contribution < -0.4 is 5.32 Å². The van der Waals surface area contributed by atoms with Gasteiger partial charge in [-0.1, -0.05) is 23.4 Å². The summed E-state index contributed by atoms with van der Waals surface area (Å²) in [7, 11) is 1.41. The molecule has 25 heavy (non-hydrogen) atoms. The van der Waals surface area contributed by atoms with Crippen molar-refractivity contribution in [3.05, 3.63) is 63.2 Å². The molecule has 0 fully saturated rings. The molecule has 0 aromatic heterocycles. The Kier molecular flexibility index (Phi) is 6.37. The number of amides is 1. The Morgan fingerprint density at radius 3 is 2.52 bits per heavy atom. The summed E-state index contributed by atoms with van der Waals surface area (Å²) >= 11 is 7.07. The Bertz CT molecular complexity index is 811. The lowest BCUT2D eigenvalue weighted by atomic mass is 10.2. The molecule has 130 valence electrons. The van der Waals surface area contributed by atoms with E-state index in [9.17, 15) is 19.7 Å². The lowest BCUT2D eigenvalue weighted by Gasteiger charge is -2.09. The highest BCUT2D eigenvalue weighted by Crippen LogP contribution is 2.33. The molecule has 2 rings (SSSR count). The number of likely N-dealkylation sites (N-methyl/N-ethyl adjacent to an activating group) is 1. The number of hydrogen-bond acceptors (Lipinski definition) is 6. The van der Waals surface area contributed by atoms with Gasteiger partial charge in [-0.2, -0.15) is 0 Å². The summed E-state index contributed by atoms with van der Waals surface area (Å²) in [4.78, 5) is 35.1. The number of ether oxygens (including phenoxy) is 1. The number of hydrogen-bond donors (Lipinski definition) is 1. The van der Waals surface area contributed by atoms with E-state index in [1.54, 1.807) is 24.3 Å². The summed E-state index contributed by atoms with van der Waals surface area (Å²) in [6, 6.07) is 10.8. The molecule has 0 spiro atoms. The van der Waals surface area contributed by atoms with Crippen molar-refractivity contribution in [2.45, 2.75) is 9.79 Å². The SMILES string of the molecule is CNC(=O)COC(=O)c1cc([N+](=O)[O-])ccc1Sc1ccc(Cl)cc1. The molecular formula is C16H13ClN2O5S. The second-order valence-electron chi connectivity index (χ2n) is 4.74. The fourth-order valence-electron chi connectivity index (χ4n) is 1.79. The maximum absolute atomic E-state index is 12.2. The van der Waals surface area contributed by atoms with Crippen LogP contribution >= 0.6 is 23.4 Å². The number of rotatable bonds is 6. The zero-order chi connectivity index (χ0) is 18.4. The van der Waals surface area contributed by atoms with Crippen molar-refractivity contribution >= 4 is 40.9 Å². The van der Waals surface area contributed by atoms with E-state index in [4.69, 9.17) is 16.3 Å². The number of esters is 1.